The average molecular weight is 421 g/mol. The minimum absolute atomic E-state index is 0.0905. The third-order valence-corrected chi connectivity index (χ3v) is 7.46. The number of ether oxygens (including phenoxy) is 1. The molecule has 0 bridgehead atoms. The van der Waals surface area contributed by atoms with Gasteiger partial charge in [-0.25, -0.2) is 13.1 Å². The fourth-order valence-corrected chi connectivity index (χ4v) is 5.53. The summed E-state index contributed by atoms with van der Waals surface area (Å²) in [5.41, 5.74) is 0.545. The molecule has 0 unspecified atom stereocenters. The van der Waals surface area contributed by atoms with Gasteiger partial charge in [0.1, 0.15) is 0 Å². The van der Waals surface area contributed by atoms with E-state index in [1.807, 2.05) is 0 Å². The van der Waals surface area contributed by atoms with E-state index in [9.17, 15) is 8.42 Å². The third-order valence-electron chi connectivity index (χ3n) is 5.43. The highest BCUT2D eigenvalue weighted by molar-refractivity contribution is 7.88. The van der Waals surface area contributed by atoms with E-state index in [1.165, 1.54) is 6.42 Å². The molecule has 0 atom stereocenters. The molecule has 26 heavy (non-hydrogen) atoms. The topological polar surface area (TPSA) is 58.6 Å². The number of hydrogen-bond donors (Lipinski definition) is 1. The highest BCUT2D eigenvalue weighted by atomic mass is 35.5. The van der Waals surface area contributed by atoms with Gasteiger partial charge >= 0.3 is 0 Å². The van der Waals surface area contributed by atoms with Crippen molar-refractivity contribution >= 4 is 33.2 Å². The minimum Gasteiger partial charge on any atom is -0.379 e. The largest absolute Gasteiger partial charge is 0.379 e. The number of halogens is 2. The van der Waals surface area contributed by atoms with E-state index in [2.05, 4.69) is 9.62 Å². The Hall–Kier alpha value is -0.370. The lowest BCUT2D eigenvalue weighted by molar-refractivity contribution is -0.0348. The first-order valence-corrected chi connectivity index (χ1v) is 11.6. The van der Waals surface area contributed by atoms with Crippen LogP contribution in [0.4, 0.5) is 0 Å². The highest BCUT2D eigenvalue weighted by Crippen LogP contribution is 2.34. The molecular formula is C18H26Cl2N2O3S. The Morgan fingerprint density at radius 3 is 2.42 bits per heavy atom. The molecule has 1 aromatic carbocycles. The summed E-state index contributed by atoms with van der Waals surface area (Å²) in [5.74, 6) is -0.0942. The van der Waals surface area contributed by atoms with Crippen molar-refractivity contribution in [3.05, 3.63) is 33.8 Å². The van der Waals surface area contributed by atoms with Crippen LogP contribution in [0.5, 0.6) is 0 Å². The number of nitrogens with one attached hydrogen (secondary N) is 1. The third kappa shape index (κ3) is 5.12. The molecule has 3 rings (SSSR count). The molecule has 1 heterocycles. The normalized spacial score (nSPS) is 21.6. The van der Waals surface area contributed by atoms with Crippen LogP contribution in [0.2, 0.25) is 10.0 Å². The Kier molecular flexibility index (Phi) is 6.86. The van der Waals surface area contributed by atoms with Crippen molar-refractivity contribution in [3.63, 3.8) is 0 Å². The Morgan fingerprint density at radius 1 is 1.08 bits per heavy atom. The number of benzene rings is 1. The quantitative estimate of drug-likeness (QED) is 0.765. The Balaban J connectivity index is 1.67. The van der Waals surface area contributed by atoms with Gasteiger partial charge in [-0.1, -0.05) is 48.5 Å². The van der Waals surface area contributed by atoms with Gasteiger partial charge in [0, 0.05) is 25.2 Å². The zero-order valence-corrected chi connectivity index (χ0v) is 17.2. The van der Waals surface area contributed by atoms with E-state index in [0.717, 1.165) is 52.0 Å². The van der Waals surface area contributed by atoms with Gasteiger partial charge in [-0.05, 0) is 30.5 Å². The smallest absolute Gasteiger partial charge is 0.215 e. The Labute approximate surface area is 166 Å². The van der Waals surface area contributed by atoms with Crippen molar-refractivity contribution in [2.45, 2.75) is 43.4 Å². The van der Waals surface area contributed by atoms with Gasteiger partial charge in [0.05, 0.1) is 29.0 Å². The van der Waals surface area contributed by atoms with Gasteiger partial charge in [0.2, 0.25) is 10.0 Å². The van der Waals surface area contributed by atoms with E-state index in [1.54, 1.807) is 18.2 Å². The molecule has 0 spiro atoms. The first-order valence-electron chi connectivity index (χ1n) is 9.14. The monoisotopic (exact) mass is 420 g/mol. The lowest BCUT2D eigenvalue weighted by Gasteiger charge is -2.48. The number of sulfonamides is 1. The number of hydrogen-bond acceptors (Lipinski definition) is 4. The maximum absolute atomic E-state index is 12.6. The molecule has 1 aliphatic carbocycles. The number of morpholine rings is 1. The molecule has 1 aromatic rings. The lowest BCUT2D eigenvalue weighted by Crippen LogP contribution is -2.59. The maximum Gasteiger partial charge on any atom is 0.215 e. The molecule has 1 N–H and O–H groups in total. The summed E-state index contributed by atoms with van der Waals surface area (Å²) in [6, 6.07) is 4.94. The van der Waals surface area contributed by atoms with Gasteiger partial charge in [-0.15, -0.1) is 0 Å². The minimum atomic E-state index is -3.45. The van der Waals surface area contributed by atoms with Crippen molar-refractivity contribution in [2.24, 2.45) is 0 Å². The predicted molar refractivity (Wildman–Crippen MR) is 105 cm³/mol. The summed E-state index contributed by atoms with van der Waals surface area (Å²) >= 11 is 11.9. The van der Waals surface area contributed by atoms with Gasteiger partial charge in [0.25, 0.3) is 0 Å². The van der Waals surface area contributed by atoms with Crippen LogP contribution in [0.15, 0.2) is 18.2 Å². The fourth-order valence-electron chi connectivity index (χ4n) is 4.00. The fraction of sp³-hybridized carbons (Fsp3) is 0.667. The average Bonchev–Trinajstić information content (AvgIpc) is 2.65. The van der Waals surface area contributed by atoms with Crippen LogP contribution in [-0.4, -0.2) is 51.7 Å². The molecule has 146 valence electrons. The zero-order chi connectivity index (χ0) is 18.6. The Bertz CT molecular complexity index is 715. The van der Waals surface area contributed by atoms with E-state index < -0.39 is 10.0 Å². The second-order valence-electron chi connectivity index (χ2n) is 7.21. The molecular weight excluding hydrogens is 395 g/mol. The van der Waals surface area contributed by atoms with Crippen molar-refractivity contribution in [1.82, 2.24) is 9.62 Å². The summed E-state index contributed by atoms with van der Waals surface area (Å²) in [7, 11) is -3.45. The molecule has 0 amide bonds. The summed E-state index contributed by atoms with van der Waals surface area (Å²) in [6.45, 7) is 3.63. The SMILES string of the molecule is O=S(=O)(Cc1ccc(Cl)c(Cl)c1)NCC1(N2CCOCC2)CCCCC1. The van der Waals surface area contributed by atoms with Crippen LogP contribution in [0.25, 0.3) is 0 Å². The lowest BCUT2D eigenvalue weighted by atomic mass is 9.80. The first kappa shape index (κ1) is 20.4. The first-order chi connectivity index (χ1) is 12.4. The molecule has 0 radical (unpaired) electrons. The molecule has 1 saturated carbocycles. The van der Waals surface area contributed by atoms with E-state index >= 15 is 0 Å². The molecule has 1 aliphatic heterocycles. The van der Waals surface area contributed by atoms with E-state index in [4.69, 9.17) is 27.9 Å². The number of nitrogens with zero attached hydrogens (tertiary/aromatic N) is 1. The van der Waals surface area contributed by atoms with Crippen molar-refractivity contribution in [3.8, 4) is 0 Å². The van der Waals surface area contributed by atoms with Crippen LogP contribution >= 0.6 is 23.2 Å². The van der Waals surface area contributed by atoms with Crippen LogP contribution in [0.3, 0.4) is 0 Å². The van der Waals surface area contributed by atoms with Gasteiger partial charge in [-0.3, -0.25) is 4.90 Å². The van der Waals surface area contributed by atoms with Crippen LogP contribution in [-0.2, 0) is 20.5 Å². The van der Waals surface area contributed by atoms with Gasteiger partial charge in [0.15, 0.2) is 0 Å². The van der Waals surface area contributed by atoms with Crippen molar-refractivity contribution in [1.29, 1.82) is 0 Å². The summed E-state index contributed by atoms with van der Waals surface area (Å²) in [6.07, 6.45) is 5.57. The number of rotatable bonds is 6. The summed E-state index contributed by atoms with van der Waals surface area (Å²) < 4.78 is 33.6. The van der Waals surface area contributed by atoms with Crippen molar-refractivity contribution < 1.29 is 13.2 Å². The second kappa shape index (κ2) is 8.76. The van der Waals surface area contributed by atoms with Crippen LogP contribution in [0.1, 0.15) is 37.7 Å². The molecule has 0 aromatic heterocycles. The summed E-state index contributed by atoms with van der Waals surface area (Å²) in [5, 5.41) is 0.797. The molecule has 2 fully saturated rings. The standard InChI is InChI=1S/C18H26Cl2N2O3S/c19-16-5-4-15(12-17(16)20)13-26(23,24)21-14-18(6-2-1-3-7-18)22-8-10-25-11-9-22/h4-5,12,21H,1-3,6-11,13-14H2. The predicted octanol–water partition coefficient (Wildman–Crippen LogP) is 3.45. The van der Waals surface area contributed by atoms with Gasteiger partial charge in [-0.2, -0.15) is 0 Å². The summed E-state index contributed by atoms with van der Waals surface area (Å²) in [4.78, 5) is 2.43. The molecule has 8 heteroatoms. The second-order valence-corrected chi connectivity index (χ2v) is 9.83. The zero-order valence-electron chi connectivity index (χ0n) is 14.8. The van der Waals surface area contributed by atoms with E-state index in [0.29, 0.717) is 22.2 Å². The van der Waals surface area contributed by atoms with Crippen LogP contribution in [0, 0.1) is 0 Å². The van der Waals surface area contributed by atoms with Crippen LogP contribution < -0.4 is 4.72 Å². The molecule has 2 aliphatic rings. The molecule has 1 saturated heterocycles. The van der Waals surface area contributed by atoms with E-state index in [-0.39, 0.29) is 11.3 Å². The molecule has 5 nitrogen and oxygen atoms in total. The van der Waals surface area contributed by atoms with Crippen molar-refractivity contribution in [2.75, 3.05) is 32.8 Å². The maximum atomic E-state index is 12.6. The van der Waals surface area contributed by atoms with Gasteiger partial charge < -0.3 is 4.74 Å². The Morgan fingerprint density at radius 2 is 1.77 bits per heavy atom. The highest BCUT2D eigenvalue weighted by Gasteiger charge is 2.39.